The van der Waals surface area contributed by atoms with Crippen molar-refractivity contribution in [2.24, 2.45) is 21.7 Å². The van der Waals surface area contributed by atoms with Crippen molar-refractivity contribution in [3.63, 3.8) is 0 Å². The predicted octanol–water partition coefficient (Wildman–Crippen LogP) is 5.07. The van der Waals surface area contributed by atoms with E-state index in [2.05, 4.69) is 31.8 Å². The largest absolute Gasteiger partial charge is 0.392 e. The number of nitrogens with zero attached hydrogens (tertiary/aromatic N) is 1. The molecule has 0 bridgehead atoms. The predicted molar refractivity (Wildman–Crippen MR) is 91.2 cm³/mol. The average molecular weight is 351 g/mol. The van der Waals surface area contributed by atoms with Gasteiger partial charge in [-0.15, -0.1) is 11.6 Å². The molecule has 0 radical (unpaired) electrons. The number of aliphatic imine (C=N–C) groups is 1. The second-order valence-electron chi connectivity index (χ2n) is 7.08. The molecule has 0 aromatic heterocycles. The number of aliphatic hydroxyl groups is 1. The number of allylic oxidation sites excluding steroid dienone is 3. The smallest absolute Gasteiger partial charge is 0.196 e. The second kappa shape index (κ2) is 6.23. The highest BCUT2D eigenvalue weighted by atomic mass is 35.5. The van der Waals surface area contributed by atoms with Crippen molar-refractivity contribution in [2.45, 2.75) is 51.5 Å². The standard InChI is InChI=1S/C16H22Cl3NO/c1-15(2)12-5-4-10(6-7-20-14(18)19)8-16(12,3)9-11(21)13(15)17/h4,6-7,11-13,21H,5,8-9H2,1-3H3/b7-6+/t11-,12-,13-,16-/m0/s1. The molecule has 118 valence electrons. The Morgan fingerprint density at radius 1 is 1.38 bits per heavy atom. The Balaban J connectivity index is 2.24. The highest BCUT2D eigenvalue weighted by molar-refractivity contribution is 6.95. The SMILES string of the molecule is CC1(C)[C@@H](Cl)[C@@H](O)C[C@]2(C)CC(/C=C/N=C(Cl)Cl)=CC[C@@H]12. The number of fused-ring (bicyclic) bond motifs is 1. The molecule has 1 fully saturated rings. The van der Waals surface area contributed by atoms with Gasteiger partial charge in [-0.05, 0) is 70.9 Å². The molecule has 4 atom stereocenters. The first-order chi connectivity index (χ1) is 9.67. The quantitative estimate of drug-likeness (QED) is 0.547. The van der Waals surface area contributed by atoms with Gasteiger partial charge in [0.15, 0.2) is 4.63 Å². The summed E-state index contributed by atoms with van der Waals surface area (Å²) < 4.78 is 0.00551. The maximum atomic E-state index is 10.3. The lowest BCUT2D eigenvalue weighted by atomic mass is 9.51. The van der Waals surface area contributed by atoms with E-state index in [0.717, 1.165) is 19.3 Å². The molecule has 5 heteroatoms. The molecule has 0 aliphatic heterocycles. The van der Waals surface area contributed by atoms with Crippen LogP contribution in [0.25, 0.3) is 0 Å². The Kier molecular flexibility index (Phi) is 5.15. The Labute approximate surface area is 141 Å². The van der Waals surface area contributed by atoms with Crippen molar-refractivity contribution in [1.82, 2.24) is 0 Å². The fourth-order valence-corrected chi connectivity index (χ4v) is 4.57. The second-order valence-corrected chi connectivity index (χ2v) is 8.46. The molecule has 2 aliphatic rings. The van der Waals surface area contributed by atoms with Crippen molar-refractivity contribution in [3.8, 4) is 0 Å². The van der Waals surface area contributed by atoms with E-state index in [9.17, 15) is 5.11 Å². The summed E-state index contributed by atoms with van der Waals surface area (Å²) in [4.78, 5) is 3.86. The summed E-state index contributed by atoms with van der Waals surface area (Å²) in [5.41, 5.74) is 1.18. The fourth-order valence-electron chi connectivity index (χ4n) is 4.22. The molecule has 0 saturated heterocycles. The summed E-state index contributed by atoms with van der Waals surface area (Å²) in [6.07, 6.45) is 7.97. The fraction of sp³-hybridized carbons (Fsp3) is 0.688. The van der Waals surface area contributed by atoms with Gasteiger partial charge < -0.3 is 5.11 Å². The molecule has 0 aromatic carbocycles. The Hall–Kier alpha value is -0.0200. The van der Waals surface area contributed by atoms with Crippen molar-refractivity contribution in [1.29, 1.82) is 0 Å². The maximum absolute atomic E-state index is 10.3. The van der Waals surface area contributed by atoms with E-state index >= 15 is 0 Å². The Bertz CT molecular complexity index is 494. The normalized spacial score (nSPS) is 38.8. The molecule has 2 aliphatic carbocycles. The summed E-state index contributed by atoms with van der Waals surface area (Å²) in [6, 6.07) is 0. The Morgan fingerprint density at radius 3 is 2.67 bits per heavy atom. The molecule has 1 saturated carbocycles. The summed E-state index contributed by atoms with van der Waals surface area (Å²) in [5.74, 6) is 0.466. The molecular formula is C16H22Cl3NO. The molecule has 2 rings (SSSR count). The summed E-state index contributed by atoms with van der Waals surface area (Å²) in [5, 5.41) is 10.1. The zero-order valence-electron chi connectivity index (χ0n) is 12.6. The van der Waals surface area contributed by atoms with E-state index in [4.69, 9.17) is 34.8 Å². The zero-order chi connectivity index (χ0) is 15.8. The maximum Gasteiger partial charge on any atom is 0.196 e. The van der Waals surface area contributed by atoms with Crippen molar-refractivity contribution in [3.05, 3.63) is 23.9 Å². The van der Waals surface area contributed by atoms with Gasteiger partial charge in [-0.25, -0.2) is 4.99 Å². The monoisotopic (exact) mass is 349 g/mol. The average Bonchev–Trinajstić information content (AvgIpc) is 2.35. The number of hydrogen-bond acceptors (Lipinski definition) is 2. The molecule has 2 nitrogen and oxygen atoms in total. The third kappa shape index (κ3) is 3.50. The first-order valence-corrected chi connectivity index (χ1v) is 8.42. The van der Waals surface area contributed by atoms with Gasteiger partial charge in [-0.1, -0.05) is 26.8 Å². The number of halogens is 3. The van der Waals surface area contributed by atoms with E-state index in [1.807, 2.05) is 6.08 Å². The minimum Gasteiger partial charge on any atom is -0.392 e. The van der Waals surface area contributed by atoms with E-state index in [1.165, 1.54) is 5.57 Å². The summed E-state index contributed by atoms with van der Waals surface area (Å²) >= 11 is 17.5. The number of aliphatic hydroxyl groups excluding tert-OH is 1. The van der Waals surface area contributed by atoms with E-state index in [-0.39, 0.29) is 20.8 Å². The molecule has 21 heavy (non-hydrogen) atoms. The van der Waals surface area contributed by atoms with Crippen LogP contribution in [0.4, 0.5) is 0 Å². The van der Waals surface area contributed by atoms with Crippen LogP contribution in [-0.4, -0.2) is 21.2 Å². The lowest BCUT2D eigenvalue weighted by Gasteiger charge is -2.56. The summed E-state index contributed by atoms with van der Waals surface area (Å²) in [6.45, 7) is 6.59. The lowest BCUT2D eigenvalue weighted by Crippen LogP contribution is -2.55. The van der Waals surface area contributed by atoms with Gasteiger partial charge in [0.2, 0.25) is 0 Å². The molecule has 0 spiro atoms. The molecule has 0 aromatic rings. The van der Waals surface area contributed by atoms with Gasteiger partial charge in [0.05, 0.1) is 11.5 Å². The molecule has 0 unspecified atom stereocenters. The highest BCUT2D eigenvalue weighted by Crippen LogP contribution is 2.58. The van der Waals surface area contributed by atoms with E-state index in [0.29, 0.717) is 5.92 Å². The van der Waals surface area contributed by atoms with Crippen molar-refractivity contribution >= 4 is 39.4 Å². The zero-order valence-corrected chi connectivity index (χ0v) is 14.9. The van der Waals surface area contributed by atoms with Crippen LogP contribution in [0.3, 0.4) is 0 Å². The molecule has 0 heterocycles. The number of hydrogen-bond donors (Lipinski definition) is 1. The van der Waals surface area contributed by atoms with Crippen LogP contribution < -0.4 is 0 Å². The van der Waals surface area contributed by atoms with Gasteiger partial charge in [-0.3, -0.25) is 0 Å². The minimum atomic E-state index is -0.457. The van der Waals surface area contributed by atoms with Crippen LogP contribution in [0.2, 0.25) is 0 Å². The van der Waals surface area contributed by atoms with Crippen LogP contribution in [0.15, 0.2) is 28.9 Å². The minimum absolute atomic E-state index is 0.00551. The lowest BCUT2D eigenvalue weighted by molar-refractivity contribution is -0.0656. The van der Waals surface area contributed by atoms with Crippen molar-refractivity contribution < 1.29 is 5.11 Å². The molecular weight excluding hydrogens is 329 g/mol. The van der Waals surface area contributed by atoms with Gasteiger partial charge in [0, 0.05) is 6.20 Å². The van der Waals surface area contributed by atoms with Gasteiger partial charge in [-0.2, -0.15) is 0 Å². The molecule has 1 N–H and O–H groups in total. The van der Waals surface area contributed by atoms with Crippen LogP contribution >= 0.6 is 34.8 Å². The van der Waals surface area contributed by atoms with Crippen LogP contribution in [0, 0.1) is 16.7 Å². The van der Waals surface area contributed by atoms with Crippen LogP contribution in [0.1, 0.15) is 40.0 Å². The van der Waals surface area contributed by atoms with E-state index < -0.39 is 6.10 Å². The highest BCUT2D eigenvalue weighted by Gasteiger charge is 2.54. The third-order valence-corrected chi connectivity index (χ3v) is 6.20. The third-order valence-electron chi connectivity index (χ3n) is 5.15. The summed E-state index contributed by atoms with van der Waals surface area (Å²) in [7, 11) is 0. The first-order valence-electron chi connectivity index (χ1n) is 7.23. The van der Waals surface area contributed by atoms with Crippen molar-refractivity contribution in [2.75, 3.05) is 0 Å². The van der Waals surface area contributed by atoms with Gasteiger partial charge >= 0.3 is 0 Å². The van der Waals surface area contributed by atoms with E-state index in [1.54, 1.807) is 6.20 Å². The number of alkyl halides is 1. The Morgan fingerprint density at radius 2 is 2.05 bits per heavy atom. The topological polar surface area (TPSA) is 32.6 Å². The number of rotatable bonds is 2. The van der Waals surface area contributed by atoms with Gasteiger partial charge in [0.1, 0.15) is 0 Å². The van der Waals surface area contributed by atoms with Gasteiger partial charge in [0.25, 0.3) is 0 Å². The first kappa shape index (κ1) is 17.3. The van der Waals surface area contributed by atoms with Crippen LogP contribution in [0.5, 0.6) is 0 Å². The van der Waals surface area contributed by atoms with Crippen LogP contribution in [-0.2, 0) is 0 Å². The molecule has 0 amide bonds.